The van der Waals surface area contributed by atoms with E-state index in [1.807, 2.05) is 0 Å². The molecule has 1 heterocycles. The maximum Gasteiger partial charge on any atom is 0.0259 e. The molecule has 0 saturated carbocycles. The number of hydrogen-bond acceptors (Lipinski definition) is 3. The molecular formula is C14H22BrN3. The highest BCUT2D eigenvalue weighted by Gasteiger charge is 2.15. The smallest absolute Gasteiger partial charge is 0.0259 e. The molecule has 2 rings (SSSR count). The Bertz CT molecular complexity index is 358. The van der Waals surface area contributed by atoms with Gasteiger partial charge in [0.15, 0.2) is 0 Å². The second-order valence-electron chi connectivity index (χ2n) is 5.15. The van der Waals surface area contributed by atoms with Gasteiger partial charge in [0.2, 0.25) is 0 Å². The number of nitrogens with one attached hydrogen (secondary N) is 1. The Morgan fingerprint density at radius 1 is 1.17 bits per heavy atom. The summed E-state index contributed by atoms with van der Waals surface area (Å²) in [5, 5.41) is 2.35. The molecule has 0 bridgehead atoms. The molecule has 1 aliphatic heterocycles. The summed E-state index contributed by atoms with van der Waals surface area (Å²) in [6, 6.07) is 9.07. The van der Waals surface area contributed by atoms with E-state index in [-0.39, 0.29) is 0 Å². The average molecular weight is 312 g/mol. The summed E-state index contributed by atoms with van der Waals surface area (Å²) in [7, 11) is 2.18. The number of halogens is 1. The molecule has 100 valence electrons. The highest BCUT2D eigenvalue weighted by atomic mass is 79.9. The number of rotatable bonds is 4. The van der Waals surface area contributed by atoms with Crippen LogP contribution in [-0.2, 0) is 6.42 Å². The van der Waals surface area contributed by atoms with E-state index in [1.165, 1.54) is 5.56 Å². The summed E-state index contributed by atoms with van der Waals surface area (Å²) in [4.78, 5) is 2.37. The zero-order valence-corrected chi connectivity index (χ0v) is 12.8. The van der Waals surface area contributed by atoms with Gasteiger partial charge in [-0.05, 0) is 38.1 Å². The van der Waals surface area contributed by atoms with E-state index in [0.717, 1.165) is 37.1 Å². The normalized spacial score (nSPS) is 19.9. The molecule has 0 amide bonds. The Labute approximate surface area is 118 Å². The predicted octanol–water partition coefficient (Wildman–Crippen LogP) is 2.13. The van der Waals surface area contributed by atoms with Crippen molar-refractivity contribution < 1.29 is 0 Å². The van der Waals surface area contributed by atoms with Crippen molar-refractivity contribution in [2.24, 2.45) is 0 Å². The fourth-order valence-corrected chi connectivity index (χ4v) is 2.53. The van der Waals surface area contributed by atoms with Crippen molar-refractivity contribution in [2.45, 2.75) is 19.4 Å². The minimum absolute atomic E-state index is 0.481. The van der Waals surface area contributed by atoms with E-state index in [0.29, 0.717) is 6.04 Å². The van der Waals surface area contributed by atoms with Gasteiger partial charge in [-0.25, -0.2) is 5.01 Å². The number of nitrogens with zero attached hydrogens (tertiary/aromatic N) is 2. The van der Waals surface area contributed by atoms with Crippen LogP contribution in [0.3, 0.4) is 0 Å². The van der Waals surface area contributed by atoms with Gasteiger partial charge in [-0.3, -0.25) is 5.43 Å². The van der Waals surface area contributed by atoms with Gasteiger partial charge < -0.3 is 4.90 Å². The maximum atomic E-state index is 3.60. The largest absolute Gasteiger partial charge is 0.304 e. The van der Waals surface area contributed by atoms with E-state index in [9.17, 15) is 0 Å². The number of hydrazine groups is 1. The Morgan fingerprint density at radius 2 is 1.78 bits per heavy atom. The van der Waals surface area contributed by atoms with Crippen molar-refractivity contribution in [3.05, 3.63) is 34.3 Å². The zero-order valence-electron chi connectivity index (χ0n) is 11.2. The van der Waals surface area contributed by atoms with Crippen molar-refractivity contribution in [3.63, 3.8) is 0 Å². The molecule has 1 fully saturated rings. The third-order valence-corrected chi connectivity index (χ3v) is 3.89. The fraction of sp³-hybridized carbons (Fsp3) is 0.571. The molecule has 1 atom stereocenters. The molecule has 1 unspecified atom stereocenters. The van der Waals surface area contributed by atoms with Gasteiger partial charge in [-0.15, -0.1) is 0 Å². The van der Waals surface area contributed by atoms with Crippen LogP contribution < -0.4 is 5.43 Å². The Morgan fingerprint density at radius 3 is 2.39 bits per heavy atom. The lowest BCUT2D eigenvalue weighted by molar-refractivity contribution is 0.0899. The van der Waals surface area contributed by atoms with E-state index in [1.54, 1.807) is 0 Å². The summed E-state index contributed by atoms with van der Waals surface area (Å²) in [5.41, 5.74) is 4.98. The highest BCUT2D eigenvalue weighted by molar-refractivity contribution is 9.10. The summed E-state index contributed by atoms with van der Waals surface area (Å²) in [5.74, 6) is 0. The molecule has 0 radical (unpaired) electrons. The lowest BCUT2D eigenvalue weighted by Gasteiger charge is -2.34. The monoisotopic (exact) mass is 311 g/mol. The van der Waals surface area contributed by atoms with E-state index in [4.69, 9.17) is 0 Å². The highest BCUT2D eigenvalue weighted by Crippen LogP contribution is 2.12. The molecule has 0 aliphatic carbocycles. The molecule has 1 N–H and O–H groups in total. The first-order valence-corrected chi connectivity index (χ1v) is 7.37. The van der Waals surface area contributed by atoms with Crippen LogP contribution in [0.1, 0.15) is 12.5 Å². The lowest BCUT2D eigenvalue weighted by atomic mass is 10.1. The minimum Gasteiger partial charge on any atom is -0.304 e. The standard InChI is InChI=1S/C14H22BrN3/c1-12(11-13-3-5-14(15)6-4-13)16-18-9-7-17(2)8-10-18/h3-6,12,16H,7-11H2,1-2H3. The molecule has 3 nitrogen and oxygen atoms in total. The minimum atomic E-state index is 0.481. The second kappa shape index (κ2) is 6.66. The fourth-order valence-electron chi connectivity index (χ4n) is 2.27. The summed E-state index contributed by atoms with van der Waals surface area (Å²) in [6.45, 7) is 6.78. The molecule has 1 aromatic carbocycles. The third-order valence-electron chi connectivity index (χ3n) is 3.36. The number of likely N-dealkylation sites (N-methyl/N-ethyl adjacent to an activating group) is 1. The zero-order chi connectivity index (χ0) is 13.0. The van der Waals surface area contributed by atoms with Gasteiger partial charge in [0, 0.05) is 36.7 Å². The Balaban J connectivity index is 1.78. The summed E-state index contributed by atoms with van der Waals surface area (Å²) >= 11 is 3.47. The molecule has 4 heteroatoms. The van der Waals surface area contributed by atoms with Gasteiger partial charge in [-0.2, -0.15) is 0 Å². The van der Waals surface area contributed by atoms with Crippen LogP contribution >= 0.6 is 15.9 Å². The van der Waals surface area contributed by atoms with Crippen LogP contribution in [-0.4, -0.2) is 49.2 Å². The third kappa shape index (κ3) is 4.35. The van der Waals surface area contributed by atoms with Gasteiger partial charge in [0.25, 0.3) is 0 Å². The lowest BCUT2D eigenvalue weighted by Crippen LogP contribution is -2.53. The SMILES string of the molecule is CC(Cc1ccc(Br)cc1)NN1CCN(C)CC1. The van der Waals surface area contributed by atoms with Crippen molar-refractivity contribution in [1.82, 2.24) is 15.3 Å². The predicted molar refractivity (Wildman–Crippen MR) is 79.5 cm³/mol. The summed E-state index contributed by atoms with van der Waals surface area (Å²) < 4.78 is 1.14. The number of piperazine rings is 1. The van der Waals surface area contributed by atoms with Crippen molar-refractivity contribution in [1.29, 1.82) is 0 Å². The molecule has 1 aliphatic rings. The Kier molecular flexibility index (Phi) is 5.18. The van der Waals surface area contributed by atoms with Gasteiger partial charge in [0.05, 0.1) is 0 Å². The van der Waals surface area contributed by atoms with Crippen LogP contribution in [0.15, 0.2) is 28.7 Å². The summed E-state index contributed by atoms with van der Waals surface area (Å²) in [6.07, 6.45) is 1.07. The number of hydrogen-bond donors (Lipinski definition) is 1. The molecule has 0 spiro atoms. The van der Waals surface area contributed by atoms with Gasteiger partial charge >= 0.3 is 0 Å². The van der Waals surface area contributed by atoms with E-state index < -0.39 is 0 Å². The first-order valence-electron chi connectivity index (χ1n) is 6.57. The van der Waals surface area contributed by atoms with Crippen molar-refractivity contribution >= 4 is 15.9 Å². The second-order valence-corrected chi connectivity index (χ2v) is 6.07. The quantitative estimate of drug-likeness (QED) is 0.919. The van der Waals surface area contributed by atoms with Crippen LogP contribution in [0.4, 0.5) is 0 Å². The maximum absolute atomic E-state index is 3.60. The molecule has 1 aromatic rings. The van der Waals surface area contributed by atoms with Crippen molar-refractivity contribution in [2.75, 3.05) is 33.2 Å². The van der Waals surface area contributed by atoms with Crippen LogP contribution in [0.2, 0.25) is 0 Å². The first kappa shape index (κ1) is 14.0. The van der Waals surface area contributed by atoms with Crippen molar-refractivity contribution in [3.8, 4) is 0 Å². The van der Waals surface area contributed by atoms with Crippen LogP contribution in [0.5, 0.6) is 0 Å². The molecule has 1 saturated heterocycles. The topological polar surface area (TPSA) is 18.5 Å². The molecular weight excluding hydrogens is 290 g/mol. The van der Waals surface area contributed by atoms with E-state index >= 15 is 0 Å². The van der Waals surface area contributed by atoms with Gasteiger partial charge in [-0.1, -0.05) is 28.1 Å². The van der Waals surface area contributed by atoms with E-state index in [2.05, 4.69) is 69.5 Å². The molecule has 18 heavy (non-hydrogen) atoms. The van der Waals surface area contributed by atoms with Crippen LogP contribution in [0.25, 0.3) is 0 Å². The number of benzene rings is 1. The molecule has 0 aromatic heterocycles. The Hall–Kier alpha value is -0.420. The van der Waals surface area contributed by atoms with Crippen LogP contribution in [0, 0.1) is 0 Å². The first-order chi connectivity index (χ1) is 8.63. The average Bonchev–Trinajstić information content (AvgIpc) is 2.35. The van der Waals surface area contributed by atoms with Gasteiger partial charge in [0.1, 0.15) is 0 Å².